The van der Waals surface area contributed by atoms with Crippen molar-refractivity contribution in [2.24, 2.45) is 7.05 Å². The summed E-state index contributed by atoms with van der Waals surface area (Å²) in [5, 5.41) is 14.5. The summed E-state index contributed by atoms with van der Waals surface area (Å²) in [6.07, 6.45) is 9.94. The molecular weight excluding hydrogens is 379 g/mol. The van der Waals surface area contributed by atoms with Gasteiger partial charge in [-0.2, -0.15) is 0 Å². The minimum Gasteiger partial charge on any atom is -0.384 e. The number of aromatic nitrogens is 2. The summed E-state index contributed by atoms with van der Waals surface area (Å²) in [5.41, 5.74) is 4.74. The number of rotatable bonds is 5. The van der Waals surface area contributed by atoms with E-state index in [4.69, 9.17) is 4.98 Å². The van der Waals surface area contributed by atoms with Crippen molar-refractivity contribution >= 4 is 16.9 Å². The van der Waals surface area contributed by atoms with Gasteiger partial charge < -0.3 is 25.8 Å². The molecule has 1 fully saturated rings. The van der Waals surface area contributed by atoms with Crippen molar-refractivity contribution in [1.29, 1.82) is 0 Å². The Bertz CT molecular complexity index is 999. The standard InChI is InChI=1S/C23H31FN6/c1-30-20-5-3-2-4-18(20)19-6-7-21(29-22(19)30)28-17-12-16(13-26-14-17)27-15-23(24)8-10-25-11-9-23/h6-7,12,14,25-27H,2-5,8-11,13,15H2,1H3,(H,28,29). The molecule has 0 amide bonds. The third kappa shape index (κ3) is 3.78. The lowest BCUT2D eigenvalue weighted by Gasteiger charge is -2.31. The van der Waals surface area contributed by atoms with E-state index in [9.17, 15) is 4.39 Å². The molecule has 6 nitrogen and oxygen atoms in total. The minimum atomic E-state index is -1.13. The van der Waals surface area contributed by atoms with Crippen molar-refractivity contribution in [3.8, 4) is 0 Å². The Kier molecular flexibility index (Phi) is 5.15. The van der Waals surface area contributed by atoms with E-state index in [2.05, 4.69) is 45.0 Å². The Hall–Kier alpha value is -2.54. The number of dihydropyridines is 1. The molecule has 0 aromatic carbocycles. The fourth-order valence-electron chi connectivity index (χ4n) is 4.90. The molecule has 4 N–H and O–H groups in total. The summed E-state index contributed by atoms with van der Waals surface area (Å²) in [6, 6.07) is 4.25. The molecule has 2 aromatic heterocycles. The molecule has 0 radical (unpaired) electrons. The quantitative estimate of drug-likeness (QED) is 0.611. The number of alkyl halides is 1. The topological polar surface area (TPSA) is 65.9 Å². The van der Waals surface area contributed by atoms with Crippen LogP contribution in [0.4, 0.5) is 10.2 Å². The van der Waals surface area contributed by atoms with Crippen molar-refractivity contribution in [3.05, 3.63) is 47.1 Å². The van der Waals surface area contributed by atoms with Crippen LogP contribution in [0.2, 0.25) is 0 Å². The van der Waals surface area contributed by atoms with Crippen LogP contribution in [-0.2, 0) is 19.9 Å². The van der Waals surface area contributed by atoms with Gasteiger partial charge in [-0.05, 0) is 75.4 Å². The Morgan fingerprint density at radius 2 is 2.03 bits per heavy atom. The molecule has 0 spiro atoms. The summed E-state index contributed by atoms with van der Waals surface area (Å²) < 4.78 is 17.1. The van der Waals surface area contributed by atoms with Crippen molar-refractivity contribution < 1.29 is 4.39 Å². The van der Waals surface area contributed by atoms with Crippen LogP contribution in [0.25, 0.3) is 11.0 Å². The molecule has 1 aliphatic carbocycles. The third-order valence-electron chi connectivity index (χ3n) is 6.65. The normalized spacial score (nSPS) is 20.7. The minimum absolute atomic E-state index is 0.356. The number of piperidine rings is 1. The third-order valence-corrected chi connectivity index (χ3v) is 6.65. The van der Waals surface area contributed by atoms with Crippen LogP contribution in [0.15, 0.2) is 35.8 Å². The van der Waals surface area contributed by atoms with Gasteiger partial charge in [0.2, 0.25) is 0 Å². The number of fused-ring (bicyclic) bond motifs is 3. The molecule has 3 aliphatic rings. The molecule has 7 heteroatoms. The highest BCUT2D eigenvalue weighted by Crippen LogP contribution is 2.31. The second kappa shape index (κ2) is 7.95. The fourth-order valence-corrected chi connectivity index (χ4v) is 4.90. The molecule has 0 atom stereocenters. The Morgan fingerprint density at radius 3 is 2.90 bits per heavy atom. The van der Waals surface area contributed by atoms with E-state index in [1.165, 1.54) is 29.5 Å². The van der Waals surface area contributed by atoms with Gasteiger partial charge >= 0.3 is 0 Å². The summed E-state index contributed by atoms with van der Waals surface area (Å²) in [5.74, 6) is 0.825. The van der Waals surface area contributed by atoms with E-state index < -0.39 is 5.67 Å². The van der Waals surface area contributed by atoms with E-state index in [1.807, 2.05) is 12.3 Å². The maximum absolute atomic E-state index is 14.9. The predicted molar refractivity (Wildman–Crippen MR) is 119 cm³/mol. The van der Waals surface area contributed by atoms with Crippen molar-refractivity contribution in [1.82, 2.24) is 25.5 Å². The van der Waals surface area contributed by atoms with Crippen LogP contribution < -0.4 is 21.3 Å². The lowest BCUT2D eigenvalue weighted by atomic mass is 9.94. The van der Waals surface area contributed by atoms with Crippen LogP contribution in [0, 0.1) is 0 Å². The van der Waals surface area contributed by atoms with Crippen LogP contribution in [0.1, 0.15) is 36.9 Å². The molecule has 0 saturated carbocycles. The van der Waals surface area contributed by atoms with Gasteiger partial charge in [-0.1, -0.05) is 0 Å². The number of nitrogens with one attached hydrogen (secondary N) is 4. The molecule has 5 rings (SSSR count). The zero-order valence-corrected chi connectivity index (χ0v) is 17.7. The van der Waals surface area contributed by atoms with Gasteiger partial charge in [0.1, 0.15) is 17.1 Å². The smallest absolute Gasteiger partial charge is 0.142 e. The highest BCUT2D eigenvalue weighted by molar-refractivity contribution is 5.84. The summed E-state index contributed by atoms with van der Waals surface area (Å²) in [6.45, 7) is 2.53. The maximum Gasteiger partial charge on any atom is 0.142 e. The Balaban J connectivity index is 1.29. The molecule has 0 bridgehead atoms. The van der Waals surface area contributed by atoms with Crippen LogP contribution in [-0.4, -0.2) is 41.4 Å². The molecule has 4 heterocycles. The first-order valence-corrected chi connectivity index (χ1v) is 11.1. The monoisotopic (exact) mass is 410 g/mol. The Labute approximate surface area is 177 Å². The van der Waals surface area contributed by atoms with Crippen molar-refractivity contribution in [2.45, 2.75) is 44.2 Å². The number of pyridine rings is 1. The van der Waals surface area contributed by atoms with E-state index >= 15 is 0 Å². The van der Waals surface area contributed by atoms with Crippen molar-refractivity contribution in [2.75, 3.05) is 31.5 Å². The van der Waals surface area contributed by atoms with E-state index in [-0.39, 0.29) is 0 Å². The molecular formula is C23H31FN6. The second-order valence-corrected chi connectivity index (χ2v) is 8.79. The zero-order valence-electron chi connectivity index (χ0n) is 17.7. The summed E-state index contributed by atoms with van der Waals surface area (Å²) in [7, 11) is 2.13. The molecule has 30 heavy (non-hydrogen) atoms. The number of nitrogens with zero attached hydrogens (tertiary/aromatic N) is 2. The molecule has 0 unspecified atom stereocenters. The van der Waals surface area contributed by atoms with Gasteiger partial charge in [-0.15, -0.1) is 0 Å². The number of allylic oxidation sites excluding steroid dienone is 1. The summed E-state index contributed by atoms with van der Waals surface area (Å²) in [4.78, 5) is 4.90. The van der Waals surface area contributed by atoms with Gasteiger partial charge in [0, 0.05) is 36.6 Å². The van der Waals surface area contributed by atoms with Gasteiger partial charge in [0.25, 0.3) is 0 Å². The molecule has 1 saturated heterocycles. The Morgan fingerprint density at radius 1 is 1.20 bits per heavy atom. The number of hydrogen-bond acceptors (Lipinski definition) is 5. The largest absolute Gasteiger partial charge is 0.384 e. The number of aryl methyl sites for hydroxylation is 2. The fraction of sp³-hybridized carbons (Fsp3) is 0.522. The van der Waals surface area contributed by atoms with Gasteiger partial charge in [0.15, 0.2) is 0 Å². The summed E-state index contributed by atoms with van der Waals surface area (Å²) >= 11 is 0. The number of anilines is 1. The van der Waals surface area contributed by atoms with Crippen LogP contribution in [0.5, 0.6) is 0 Å². The van der Waals surface area contributed by atoms with Crippen molar-refractivity contribution in [3.63, 3.8) is 0 Å². The lowest BCUT2D eigenvalue weighted by Crippen LogP contribution is -2.46. The maximum atomic E-state index is 14.9. The van der Waals surface area contributed by atoms with E-state index in [1.54, 1.807) is 0 Å². The van der Waals surface area contributed by atoms with Gasteiger partial charge in [-0.25, -0.2) is 9.37 Å². The number of hydrogen-bond donors (Lipinski definition) is 4. The lowest BCUT2D eigenvalue weighted by molar-refractivity contribution is 0.117. The first-order valence-electron chi connectivity index (χ1n) is 11.1. The molecule has 2 aromatic rings. The highest BCUT2D eigenvalue weighted by Gasteiger charge is 2.31. The average Bonchev–Trinajstić information content (AvgIpc) is 3.05. The van der Waals surface area contributed by atoms with E-state index in [0.717, 1.165) is 48.8 Å². The first-order chi connectivity index (χ1) is 14.6. The van der Waals surface area contributed by atoms with Crippen LogP contribution in [0.3, 0.4) is 0 Å². The van der Waals surface area contributed by atoms with E-state index in [0.29, 0.717) is 25.9 Å². The second-order valence-electron chi connectivity index (χ2n) is 8.79. The highest BCUT2D eigenvalue weighted by atomic mass is 19.1. The SMILES string of the molecule is Cn1c2c(c3ccc(NC4=CNCC(NCC5(F)CCNCC5)=C4)nc31)CCCC2. The van der Waals surface area contributed by atoms with Gasteiger partial charge in [-0.3, -0.25) is 0 Å². The average molecular weight is 411 g/mol. The molecule has 2 aliphatic heterocycles. The molecule has 160 valence electrons. The zero-order chi connectivity index (χ0) is 20.6. The van der Waals surface area contributed by atoms with Crippen LogP contribution >= 0.6 is 0 Å². The first kappa shape index (κ1) is 19.4. The number of halogens is 1. The van der Waals surface area contributed by atoms with Gasteiger partial charge in [0.05, 0.1) is 12.2 Å². The predicted octanol–water partition coefficient (Wildman–Crippen LogP) is 2.87.